The van der Waals surface area contributed by atoms with E-state index in [1.807, 2.05) is 0 Å². The minimum atomic E-state index is -4.95. The van der Waals surface area contributed by atoms with Gasteiger partial charge in [0, 0.05) is 0 Å². The van der Waals surface area contributed by atoms with Crippen molar-refractivity contribution in [3.8, 4) is 5.75 Å². The Bertz CT molecular complexity index is 1170. The fourth-order valence-electron chi connectivity index (χ4n) is 3.62. The van der Waals surface area contributed by atoms with Crippen LogP contribution in [0.3, 0.4) is 0 Å². The Morgan fingerprint density at radius 1 is 1.03 bits per heavy atom. The topological polar surface area (TPSA) is 89.5 Å². The molecular weight excluding hydrogens is 530 g/mol. The molecule has 0 saturated carbocycles. The van der Waals surface area contributed by atoms with Gasteiger partial charge in [-0.25, -0.2) is 14.7 Å². The second kappa shape index (κ2) is 11.1. The lowest BCUT2D eigenvalue weighted by atomic mass is 10.1. The molecule has 1 saturated heterocycles. The van der Waals surface area contributed by atoms with E-state index in [1.54, 1.807) is 44.2 Å². The number of carbonyl (C=O) groups excluding carboxylic acids is 1. The second-order valence-corrected chi connectivity index (χ2v) is 12.1. The van der Waals surface area contributed by atoms with E-state index in [-0.39, 0.29) is 41.4 Å². The summed E-state index contributed by atoms with van der Waals surface area (Å²) in [6, 6.07) is 12.2. The van der Waals surface area contributed by atoms with E-state index in [0.717, 1.165) is 4.90 Å². The zero-order valence-corrected chi connectivity index (χ0v) is 22.7. The lowest BCUT2D eigenvalue weighted by Gasteiger charge is -2.44. The Morgan fingerprint density at radius 2 is 1.59 bits per heavy atom. The van der Waals surface area contributed by atoms with Crippen molar-refractivity contribution in [2.45, 2.75) is 44.0 Å². The third kappa shape index (κ3) is 5.67. The van der Waals surface area contributed by atoms with Crippen LogP contribution in [0.25, 0.3) is 0 Å². The van der Waals surface area contributed by atoms with Gasteiger partial charge in [0.05, 0.1) is 26.0 Å². The molecule has 1 aliphatic rings. The first-order valence-corrected chi connectivity index (χ1v) is 13.8. The van der Waals surface area contributed by atoms with Crippen molar-refractivity contribution < 1.29 is 36.3 Å². The number of amides is 2. The molecule has 0 spiro atoms. The molecule has 2 amide bonds. The van der Waals surface area contributed by atoms with E-state index < -0.39 is 30.0 Å². The van der Waals surface area contributed by atoms with Crippen LogP contribution in [0, 0.1) is 0 Å². The van der Waals surface area contributed by atoms with Crippen LogP contribution in [-0.2, 0) is 18.5 Å². The molecule has 2 aromatic rings. The minimum Gasteiger partial charge on any atom is -0.497 e. The molecule has 1 atom stereocenters. The van der Waals surface area contributed by atoms with Crippen molar-refractivity contribution in [1.29, 1.82) is 0 Å². The van der Waals surface area contributed by atoms with Crippen LogP contribution >= 0.6 is 19.4 Å². The van der Waals surface area contributed by atoms with Gasteiger partial charge in [-0.05, 0) is 69.3 Å². The molecule has 1 aliphatic heterocycles. The average molecular weight is 560 g/mol. The van der Waals surface area contributed by atoms with Gasteiger partial charge in [-0.1, -0.05) is 30.3 Å². The molecule has 0 unspecified atom stereocenters. The number of thioether (sulfide) groups is 1. The van der Waals surface area contributed by atoms with Crippen LogP contribution in [0.2, 0.25) is 0 Å². The summed E-state index contributed by atoms with van der Waals surface area (Å²) in [4.78, 5) is 16.0. The fraction of sp³-hybridized carbons (Fsp3) is 0.417. The maximum absolute atomic E-state index is 14.8. The number of aliphatic imine (C=N–C) groups is 1. The van der Waals surface area contributed by atoms with E-state index in [9.17, 15) is 22.5 Å². The third-order valence-corrected chi connectivity index (χ3v) is 9.44. The second-order valence-electron chi connectivity index (χ2n) is 8.33. The zero-order valence-electron chi connectivity index (χ0n) is 21.0. The number of rotatable bonds is 9. The van der Waals surface area contributed by atoms with Crippen molar-refractivity contribution in [2.24, 2.45) is 4.99 Å². The van der Waals surface area contributed by atoms with Gasteiger partial charge in [0.2, 0.25) is 4.87 Å². The summed E-state index contributed by atoms with van der Waals surface area (Å²) < 4.78 is 74.0. The third-order valence-electron chi connectivity index (χ3n) is 5.47. The van der Waals surface area contributed by atoms with Crippen molar-refractivity contribution in [3.63, 3.8) is 0 Å². The molecule has 0 bridgehead atoms. The monoisotopic (exact) mass is 559 g/mol. The molecule has 1 heterocycles. The first-order chi connectivity index (χ1) is 17.3. The number of hydrogen-bond acceptors (Lipinski definition) is 7. The molecule has 1 N–H and O–H groups in total. The summed E-state index contributed by atoms with van der Waals surface area (Å²) in [5.41, 5.74) is 0.0328. The molecule has 1 fully saturated rings. The lowest BCUT2D eigenvalue weighted by molar-refractivity contribution is -0.167. The van der Waals surface area contributed by atoms with Gasteiger partial charge < -0.3 is 19.1 Å². The predicted molar refractivity (Wildman–Crippen MR) is 138 cm³/mol. The first-order valence-electron chi connectivity index (χ1n) is 11.4. The summed E-state index contributed by atoms with van der Waals surface area (Å²) in [6.07, 6.45) is -4.95. The number of urea groups is 1. The normalized spacial score (nSPS) is 20.2. The summed E-state index contributed by atoms with van der Waals surface area (Å²) in [6.45, 7) is 6.16. The zero-order chi connectivity index (χ0) is 27.5. The number of nitrogens with zero attached hydrogens (tertiary/aromatic N) is 2. The van der Waals surface area contributed by atoms with Crippen LogP contribution in [0.4, 0.5) is 23.7 Å². The highest BCUT2D eigenvalue weighted by atomic mass is 32.2. The van der Waals surface area contributed by atoms with E-state index in [0.29, 0.717) is 5.75 Å². The van der Waals surface area contributed by atoms with Gasteiger partial charge in [0.25, 0.3) is 0 Å². The molecule has 2 aromatic carbocycles. The molecule has 0 aromatic heterocycles. The molecule has 202 valence electrons. The maximum Gasteiger partial charge on any atom is 0.425 e. The minimum absolute atomic E-state index is 0.0277. The Balaban J connectivity index is 2.25. The quantitative estimate of drug-likeness (QED) is 0.343. The number of anilines is 1. The molecule has 0 radical (unpaired) electrons. The molecule has 0 aliphatic carbocycles. The average Bonchev–Trinajstić information content (AvgIpc) is 2.83. The standard InChI is InChI=1S/C24H29F3N3O5PS/c1-6-34-36(32,35-7-2)22(3,4)29-21-30(18-11-9-8-10-12-18)20(31)28-23(37-21,24(25,26)27)17-13-15-19(33-5)16-14-17/h8-16H,6-7H2,1-5H3,(H,28,31)/t23-/m1/s1. The van der Waals surface area contributed by atoms with Crippen molar-refractivity contribution >= 4 is 36.2 Å². The van der Waals surface area contributed by atoms with Crippen LogP contribution in [0.1, 0.15) is 33.3 Å². The Kier molecular flexibility index (Phi) is 8.68. The van der Waals surface area contributed by atoms with Gasteiger partial charge in [-0.15, -0.1) is 0 Å². The van der Waals surface area contributed by atoms with Crippen LogP contribution in [-0.4, -0.2) is 43.0 Å². The summed E-state index contributed by atoms with van der Waals surface area (Å²) >= 11 is 0.284. The number of ether oxygens (including phenoxy) is 1. The van der Waals surface area contributed by atoms with Crippen LogP contribution < -0.4 is 15.0 Å². The van der Waals surface area contributed by atoms with Crippen molar-refractivity contribution in [2.75, 3.05) is 25.2 Å². The van der Waals surface area contributed by atoms with Gasteiger partial charge in [-0.2, -0.15) is 13.2 Å². The number of carbonyl (C=O) groups is 1. The first kappa shape index (κ1) is 29.0. The molecule has 13 heteroatoms. The smallest absolute Gasteiger partial charge is 0.425 e. The molecule has 3 rings (SSSR count). The van der Waals surface area contributed by atoms with Crippen molar-refractivity contribution in [1.82, 2.24) is 5.32 Å². The van der Waals surface area contributed by atoms with Crippen LogP contribution in [0.15, 0.2) is 59.6 Å². The Hall–Kier alpha value is -2.53. The van der Waals surface area contributed by atoms with Crippen LogP contribution in [0.5, 0.6) is 5.75 Å². The van der Waals surface area contributed by atoms with E-state index in [4.69, 9.17) is 13.8 Å². The fourth-order valence-corrected chi connectivity index (χ4v) is 6.62. The van der Waals surface area contributed by atoms with E-state index in [1.165, 1.54) is 45.2 Å². The lowest BCUT2D eigenvalue weighted by Crippen LogP contribution is -2.63. The molecule has 37 heavy (non-hydrogen) atoms. The number of halogens is 3. The number of para-hydroxylation sites is 1. The predicted octanol–water partition coefficient (Wildman–Crippen LogP) is 6.73. The SMILES string of the molecule is CCOP(=O)(OCC)C(C)(C)N=C1S[C@](c2ccc(OC)cc2)(C(F)(F)F)NC(=O)N1c1ccccc1. The Labute approximate surface area is 218 Å². The highest BCUT2D eigenvalue weighted by molar-refractivity contribution is 8.15. The van der Waals surface area contributed by atoms with Gasteiger partial charge in [-0.3, -0.25) is 4.57 Å². The molecular formula is C24H29F3N3O5PS. The number of alkyl halides is 3. The summed E-state index contributed by atoms with van der Waals surface area (Å²) in [5, 5.41) is 0.187. The highest BCUT2D eigenvalue weighted by Gasteiger charge is 2.62. The van der Waals surface area contributed by atoms with Gasteiger partial charge in [0.15, 0.2) is 10.4 Å². The Morgan fingerprint density at radius 3 is 2.08 bits per heavy atom. The van der Waals surface area contributed by atoms with Crippen molar-refractivity contribution in [3.05, 3.63) is 60.2 Å². The number of nitrogens with one attached hydrogen (secondary N) is 1. The highest BCUT2D eigenvalue weighted by Crippen LogP contribution is 2.61. The number of benzene rings is 2. The maximum atomic E-state index is 14.8. The number of amidine groups is 1. The summed E-state index contributed by atoms with van der Waals surface area (Å²) in [7, 11) is -2.55. The number of methoxy groups -OCH3 is 1. The van der Waals surface area contributed by atoms with E-state index >= 15 is 0 Å². The van der Waals surface area contributed by atoms with Gasteiger partial charge in [0.1, 0.15) is 5.75 Å². The van der Waals surface area contributed by atoms with E-state index in [2.05, 4.69) is 10.3 Å². The molecule has 8 nitrogen and oxygen atoms in total. The van der Waals surface area contributed by atoms with Gasteiger partial charge >= 0.3 is 19.8 Å². The largest absolute Gasteiger partial charge is 0.497 e. The summed E-state index contributed by atoms with van der Waals surface area (Å²) in [5.74, 6) is 0.350. The number of hydrogen-bond donors (Lipinski definition) is 1.